The van der Waals surface area contributed by atoms with Crippen molar-refractivity contribution in [3.05, 3.63) is 29.5 Å². The number of piperidine rings is 1. The molecule has 1 aromatic carbocycles. The molecule has 7 rings (SSSR count). The van der Waals surface area contributed by atoms with Gasteiger partial charge in [0.15, 0.2) is 10.7 Å². The van der Waals surface area contributed by atoms with E-state index in [1.807, 2.05) is 6.07 Å². The van der Waals surface area contributed by atoms with Gasteiger partial charge < -0.3 is 9.64 Å². The van der Waals surface area contributed by atoms with Crippen molar-refractivity contribution in [2.75, 3.05) is 24.6 Å². The van der Waals surface area contributed by atoms with Crippen molar-refractivity contribution in [2.45, 2.75) is 61.0 Å². The number of rotatable bonds is 6. The van der Waals surface area contributed by atoms with Gasteiger partial charge in [-0.2, -0.15) is 9.98 Å². The van der Waals surface area contributed by atoms with Gasteiger partial charge >= 0.3 is 0 Å². The third-order valence-electron chi connectivity index (χ3n) is 8.07. The molecule has 40 heavy (non-hydrogen) atoms. The molecule has 2 saturated heterocycles. The van der Waals surface area contributed by atoms with Gasteiger partial charge in [-0.3, -0.25) is 4.57 Å². The number of halogens is 2. The molecule has 3 fully saturated rings. The second-order valence-corrected chi connectivity index (χ2v) is 13.2. The molecule has 1 N–H and O–H groups in total. The fraction of sp³-hybridized carbons (Fsp3) is 0.480. The molecule has 208 valence electrons. The monoisotopic (exact) mass is 586 g/mol. The minimum absolute atomic E-state index is 0.0583. The molecule has 11 nitrogen and oxygen atoms in total. The summed E-state index contributed by atoms with van der Waals surface area (Å²) < 4.78 is 63.5. The highest BCUT2D eigenvalue weighted by Gasteiger charge is 2.47. The summed E-state index contributed by atoms with van der Waals surface area (Å²) >= 11 is 0.712. The second kappa shape index (κ2) is 9.10. The van der Waals surface area contributed by atoms with Gasteiger partial charge in [-0.25, -0.2) is 27.2 Å². The average molecular weight is 587 g/mol. The van der Waals surface area contributed by atoms with Gasteiger partial charge in [-0.05, 0) is 50.7 Å². The molecule has 2 aliphatic heterocycles. The van der Waals surface area contributed by atoms with Gasteiger partial charge in [0.25, 0.3) is 6.43 Å². The Kier molecular flexibility index (Phi) is 5.83. The van der Waals surface area contributed by atoms with Crippen molar-refractivity contribution in [3.63, 3.8) is 0 Å². The highest BCUT2D eigenvalue weighted by atomic mass is 32.2. The van der Waals surface area contributed by atoms with Crippen molar-refractivity contribution >= 4 is 49.1 Å². The maximum Gasteiger partial charge on any atom is 0.291 e. The van der Waals surface area contributed by atoms with Crippen molar-refractivity contribution in [1.29, 1.82) is 5.26 Å². The SMILES string of the molecule is N#CC1(NS(=O)(=O)c2ccc3c4c(N5CCC6(CCCO6)CC5)ncnc4n(-c4nnc(C(F)F)s4)c3c2)CC1. The van der Waals surface area contributed by atoms with Crippen molar-refractivity contribution < 1.29 is 21.9 Å². The number of hydrogen-bond acceptors (Lipinski definition) is 10. The van der Waals surface area contributed by atoms with Crippen LogP contribution in [-0.2, 0) is 14.8 Å². The predicted octanol–water partition coefficient (Wildman–Crippen LogP) is 3.85. The van der Waals surface area contributed by atoms with E-state index in [4.69, 9.17) is 4.74 Å². The van der Waals surface area contributed by atoms with Crippen LogP contribution in [0.25, 0.3) is 27.1 Å². The van der Waals surface area contributed by atoms with Gasteiger partial charge in [0, 0.05) is 25.1 Å². The predicted molar refractivity (Wildman–Crippen MR) is 142 cm³/mol. The molecule has 3 aromatic heterocycles. The summed E-state index contributed by atoms with van der Waals surface area (Å²) in [5.41, 5.74) is -0.370. The highest BCUT2D eigenvalue weighted by Crippen LogP contribution is 2.42. The van der Waals surface area contributed by atoms with Crippen LogP contribution in [0.5, 0.6) is 0 Å². The number of nitrogens with one attached hydrogen (secondary N) is 1. The first kappa shape index (κ1) is 25.6. The number of benzene rings is 1. The molecule has 0 unspecified atom stereocenters. The molecular weight excluding hydrogens is 562 g/mol. The maximum atomic E-state index is 13.4. The van der Waals surface area contributed by atoms with E-state index in [1.54, 1.807) is 10.6 Å². The van der Waals surface area contributed by atoms with Crippen LogP contribution in [0, 0.1) is 11.3 Å². The molecule has 3 aliphatic rings. The van der Waals surface area contributed by atoms with Crippen LogP contribution in [0.2, 0.25) is 0 Å². The molecule has 1 spiro atoms. The van der Waals surface area contributed by atoms with Gasteiger partial charge in [0.05, 0.1) is 27.5 Å². The van der Waals surface area contributed by atoms with E-state index in [0.29, 0.717) is 51.9 Å². The summed E-state index contributed by atoms with van der Waals surface area (Å²) in [6, 6.07) is 6.63. The Morgan fingerprint density at radius 1 is 1.12 bits per heavy atom. The average Bonchev–Trinajstić information content (AvgIpc) is 3.27. The van der Waals surface area contributed by atoms with Crippen LogP contribution >= 0.6 is 11.3 Å². The second-order valence-electron chi connectivity index (χ2n) is 10.6. The number of fused-ring (bicyclic) bond motifs is 3. The molecule has 15 heteroatoms. The van der Waals surface area contributed by atoms with Crippen LogP contribution in [0.15, 0.2) is 29.4 Å². The summed E-state index contributed by atoms with van der Waals surface area (Å²) in [5.74, 6) is 0.676. The summed E-state index contributed by atoms with van der Waals surface area (Å²) in [5, 5.41) is 18.1. The number of aromatic nitrogens is 5. The van der Waals surface area contributed by atoms with Gasteiger partial charge in [-0.1, -0.05) is 17.4 Å². The lowest BCUT2D eigenvalue weighted by Gasteiger charge is -2.39. The zero-order valence-corrected chi connectivity index (χ0v) is 22.8. The number of alkyl halides is 2. The van der Waals surface area contributed by atoms with Crippen molar-refractivity contribution in [3.8, 4) is 11.2 Å². The lowest BCUT2D eigenvalue weighted by Crippen LogP contribution is -2.44. The third-order valence-corrected chi connectivity index (χ3v) is 10.5. The molecule has 5 heterocycles. The van der Waals surface area contributed by atoms with E-state index in [0.717, 1.165) is 45.4 Å². The Morgan fingerprint density at radius 2 is 1.93 bits per heavy atom. The summed E-state index contributed by atoms with van der Waals surface area (Å²) in [7, 11) is -4.05. The lowest BCUT2D eigenvalue weighted by molar-refractivity contribution is -0.0146. The highest BCUT2D eigenvalue weighted by molar-refractivity contribution is 7.89. The molecular formula is C25H24F2N8O3S2. The Bertz CT molecular complexity index is 1780. The Labute approximate surface area is 231 Å². The summed E-state index contributed by atoms with van der Waals surface area (Å²) in [6.45, 7) is 2.22. The van der Waals surface area contributed by atoms with Gasteiger partial charge in [-0.15, -0.1) is 10.2 Å². The molecule has 0 bridgehead atoms. The summed E-state index contributed by atoms with van der Waals surface area (Å²) in [4.78, 5) is 11.2. The van der Waals surface area contributed by atoms with Crippen molar-refractivity contribution in [2.24, 2.45) is 0 Å². The molecule has 0 atom stereocenters. The number of ether oxygens (including phenoxy) is 1. The minimum atomic E-state index is -4.05. The molecule has 4 aromatic rings. The quantitative estimate of drug-likeness (QED) is 0.357. The Balaban J connectivity index is 1.39. The smallest absolute Gasteiger partial charge is 0.291 e. The zero-order chi connectivity index (χ0) is 27.7. The third kappa shape index (κ3) is 4.12. The van der Waals surface area contributed by atoms with E-state index >= 15 is 0 Å². The number of nitriles is 1. The van der Waals surface area contributed by atoms with Gasteiger partial charge in [0.2, 0.25) is 15.2 Å². The number of sulfonamides is 1. The maximum absolute atomic E-state index is 13.4. The van der Waals surface area contributed by atoms with Gasteiger partial charge in [0.1, 0.15) is 17.7 Å². The number of nitrogens with zero attached hydrogens (tertiary/aromatic N) is 7. The zero-order valence-electron chi connectivity index (χ0n) is 21.2. The fourth-order valence-electron chi connectivity index (χ4n) is 5.76. The first-order valence-corrected chi connectivity index (χ1v) is 15.3. The standard InChI is InChI=1S/C25H24F2N8O3S2/c26-19(27)22-31-32-23(39-22)35-17-12-15(40(36,37)33-24(13-28)5-6-24)2-3-16(17)18-20(29-14-30-21(18)35)34-9-7-25(8-10-34)4-1-11-38-25/h2-3,12,14,19,33H,1,4-11H2. The van der Waals surface area contributed by atoms with E-state index in [-0.39, 0.29) is 15.6 Å². The lowest BCUT2D eigenvalue weighted by atomic mass is 9.88. The van der Waals surface area contributed by atoms with Crippen LogP contribution in [-0.4, -0.2) is 64.0 Å². The Morgan fingerprint density at radius 3 is 2.58 bits per heavy atom. The van der Waals surface area contributed by atoms with E-state index in [1.165, 1.54) is 18.5 Å². The first-order valence-electron chi connectivity index (χ1n) is 13.0. The van der Waals surface area contributed by atoms with E-state index in [2.05, 4.69) is 29.8 Å². The molecule has 0 amide bonds. The summed E-state index contributed by atoms with van der Waals surface area (Å²) in [6.07, 6.45) is 3.32. The normalized spacial score (nSPS) is 20.1. The van der Waals surface area contributed by atoms with Crippen LogP contribution in [0.4, 0.5) is 14.6 Å². The van der Waals surface area contributed by atoms with Crippen LogP contribution in [0.3, 0.4) is 0 Å². The molecule has 1 aliphatic carbocycles. The van der Waals surface area contributed by atoms with Crippen LogP contribution < -0.4 is 9.62 Å². The minimum Gasteiger partial charge on any atom is -0.375 e. The first-order chi connectivity index (χ1) is 19.2. The molecule has 1 saturated carbocycles. The number of anilines is 1. The molecule has 0 radical (unpaired) electrons. The topological polar surface area (TPSA) is 139 Å². The fourth-order valence-corrected chi connectivity index (χ4v) is 7.87. The van der Waals surface area contributed by atoms with Crippen molar-refractivity contribution in [1.82, 2.24) is 29.5 Å². The largest absolute Gasteiger partial charge is 0.375 e. The number of hydrogen-bond donors (Lipinski definition) is 1. The van der Waals surface area contributed by atoms with E-state index in [9.17, 15) is 22.5 Å². The van der Waals surface area contributed by atoms with E-state index < -0.39 is 27.0 Å². The Hall–Kier alpha value is -3.32. The van der Waals surface area contributed by atoms with Crippen LogP contribution in [0.1, 0.15) is 50.0 Å².